The molecule has 0 saturated carbocycles. The van der Waals surface area contributed by atoms with E-state index in [0.717, 1.165) is 6.07 Å². The topological polar surface area (TPSA) is 82.9 Å². The molecule has 2 rings (SSSR count). The minimum absolute atomic E-state index is 0.0191. The molecule has 156 valence electrons. The summed E-state index contributed by atoms with van der Waals surface area (Å²) in [6, 6.07) is 4.23. The molecule has 0 saturated heterocycles. The van der Waals surface area contributed by atoms with Crippen LogP contribution in [0.25, 0.3) is 0 Å². The first kappa shape index (κ1) is 22.5. The smallest absolute Gasteiger partial charge is 0.419 e. The number of hydrogen-bond acceptors (Lipinski definition) is 5. The lowest BCUT2D eigenvalue weighted by Gasteiger charge is -2.17. The largest absolute Gasteiger partial charge is 0.489 e. The van der Waals surface area contributed by atoms with Crippen molar-refractivity contribution < 1.29 is 17.9 Å². The van der Waals surface area contributed by atoms with E-state index in [1.165, 1.54) is 12.4 Å². The van der Waals surface area contributed by atoms with E-state index in [9.17, 15) is 13.2 Å². The van der Waals surface area contributed by atoms with Crippen molar-refractivity contribution in [2.24, 2.45) is 0 Å². The van der Waals surface area contributed by atoms with E-state index in [4.69, 9.17) is 22.4 Å². The van der Waals surface area contributed by atoms with Crippen LogP contribution in [-0.4, -0.2) is 27.0 Å². The molecule has 0 spiro atoms. The Labute approximate surface area is 172 Å². The molecule has 0 aliphatic rings. The number of amidine groups is 1. The van der Waals surface area contributed by atoms with E-state index < -0.39 is 17.6 Å². The van der Waals surface area contributed by atoms with Crippen molar-refractivity contribution in [2.45, 2.75) is 45.9 Å². The summed E-state index contributed by atoms with van der Waals surface area (Å²) >= 11 is 5.04. The number of rotatable bonds is 5. The number of hydrogen-bond donors (Lipinski definition) is 3. The van der Waals surface area contributed by atoms with Crippen molar-refractivity contribution in [2.75, 3.05) is 5.32 Å². The molecule has 0 fully saturated rings. The first-order valence-electron chi connectivity index (χ1n) is 8.84. The van der Waals surface area contributed by atoms with Crippen molar-refractivity contribution in [1.29, 1.82) is 5.41 Å². The van der Waals surface area contributed by atoms with Gasteiger partial charge in [0.2, 0.25) is 0 Å². The lowest BCUT2D eigenvalue weighted by molar-refractivity contribution is -0.137. The van der Waals surface area contributed by atoms with Gasteiger partial charge < -0.3 is 15.4 Å². The number of aromatic nitrogens is 2. The summed E-state index contributed by atoms with van der Waals surface area (Å²) in [6.07, 6.45) is -1.80. The normalized spacial score (nSPS) is 11.5. The Morgan fingerprint density at radius 2 is 1.83 bits per heavy atom. The molecule has 0 amide bonds. The van der Waals surface area contributed by atoms with E-state index >= 15 is 0 Å². The number of pyridine rings is 2. The summed E-state index contributed by atoms with van der Waals surface area (Å²) in [5.74, 6) is -0.169. The standard InChI is InChI=1S/C19H22F3N5OS/c1-10(2)12-7-14(19(20,21)22)17(25-8-12)27-18(29)26-16(23)15-6-5-13(9-24-15)28-11(3)4/h5-11H,1-4H3,(H3,23,25,26,27,29). The van der Waals surface area contributed by atoms with Gasteiger partial charge in [0.25, 0.3) is 0 Å². The summed E-state index contributed by atoms with van der Waals surface area (Å²) in [4.78, 5) is 7.95. The predicted octanol–water partition coefficient (Wildman–Crippen LogP) is 4.72. The highest BCUT2D eigenvalue weighted by Gasteiger charge is 2.35. The first-order chi connectivity index (χ1) is 13.5. The first-order valence-corrected chi connectivity index (χ1v) is 9.25. The van der Waals surface area contributed by atoms with Crippen LogP contribution >= 0.6 is 12.2 Å². The van der Waals surface area contributed by atoms with E-state index in [0.29, 0.717) is 11.3 Å². The van der Waals surface area contributed by atoms with Crippen LogP contribution in [0.3, 0.4) is 0 Å². The molecule has 0 radical (unpaired) electrons. The number of ether oxygens (including phenoxy) is 1. The number of nitrogens with one attached hydrogen (secondary N) is 3. The lowest BCUT2D eigenvalue weighted by atomic mass is 10.0. The maximum atomic E-state index is 13.4. The fourth-order valence-corrected chi connectivity index (χ4v) is 2.50. The number of halogens is 3. The molecule has 3 N–H and O–H groups in total. The Kier molecular flexibility index (Phi) is 7.12. The van der Waals surface area contributed by atoms with Gasteiger partial charge in [-0.2, -0.15) is 13.2 Å². The van der Waals surface area contributed by atoms with Gasteiger partial charge in [0, 0.05) is 6.20 Å². The Bertz CT molecular complexity index is 882. The number of alkyl halides is 3. The third kappa shape index (κ3) is 6.38. The van der Waals surface area contributed by atoms with Gasteiger partial charge >= 0.3 is 6.18 Å². The van der Waals surface area contributed by atoms with Gasteiger partial charge in [-0.05, 0) is 55.7 Å². The fraction of sp³-hybridized carbons (Fsp3) is 0.368. The summed E-state index contributed by atoms with van der Waals surface area (Å²) < 4.78 is 45.6. The van der Waals surface area contributed by atoms with Gasteiger partial charge in [-0.3, -0.25) is 5.41 Å². The Morgan fingerprint density at radius 1 is 1.14 bits per heavy atom. The molecule has 0 unspecified atom stereocenters. The van der Waals surface area contributed by atoms with Gasteiger partial charge in [0.05, 0.1) is 17.9 Å². The zero-order valence-electron chi connectivity index (χ0n) is 16.4. The number of nitrogens with zero attached hydrogens (tertiary/aromatic N) is 2. The molecule has 0 atom stereocenters. The van der Waals surface area contributed by atoms with Crippen LogP contribution in [0.5, 0.6) is 5.75 Å². The maximum absolute atomic E-state index is 13.4. The molecule has 0 aliphatic heterocycles. The van der Waals surface area contributed by atoms with Gasteiger partial charge in [0.15, 0.2) is 10.9 Å². The molecule has 29 heavy (non-hydrogen) atoms. The van der Waals surface area contributed by atoms with Crippen molar-refractivity contribution in [3.05, 3.63) is 47.4 Å². The number of anilines is 1. The molecule has 2 aromatic rings. The molecule has 2 heterocycles. The van der Waals surface area contributed by atoms with Crippen LogP contribution < -0.4 is 15.4 Å². The fourth-order valence-electron chi connectivity index (χ4n) is 2.30. The Hall–Kier alpha value is -2.75. The molecule has 2 aromatic heterocycles. The van der Waals surface area contributed by atoms with Gasteiger partial charge in [-0.1, -0.05) is 13.8 Å². The average Bonchev–Trinajstić information content (AvgIpc) is 2.60. The molecular weight excluding hydrogens is 403 g/mol. The van der Waals surface area contributed by atoms with Crippen molar-refractivity contribution in [3.63, 3.8) is 0 Å². The molecule has 6 nitrogen and oxygen atoms in total. The third-order valence-corrected chi connectivity index (χ3v) is 3.92. The second kappa shape index (κ2) is 9.17. The van der Waals surface area contributed by atoms with Crippen molar-refractivity contribution >= 4 is 29.0 Å². The zero-order chi connectivity index (χ0) is 21.8. The number of thiocarbonyl (C=S) groups is 1. The SMILES string of the molecule is CC(C)Oc1ccc(C(=N)NC(=S)Nc2ncc(C(C)C)cc2C(F)(F)F)nc1. The second-order valence-electron chi connectivity index (χ2n) is 6.82. The summed E-state index contributed by atoms with van der Waals surface area (Å²) in [7, 11) is 0. The van der Waals surface area contributed by atoms with E-state index in [1.807, 2.05) is 13.8 Å². The van der Waals surface area contributed by atoms with Crippen molar-refractivity contribution in [1.82, 2.24) is 15.3 Å². The van der Waals surface area contributed by atoms with Crippen LogP contribution in [0.15, 0.2) is 30.6 Å². The minimum atomic E-state index is -4.60. The van der Waals surface area contributed by atoms with Gasteiger partial charge in [0.1, 0.15) is 17.3 Å². The van der Waals surface area contributed by atoms with E-state index in [-0.39, 0.29) is 28.7 Å². The minimum Gasteiger partial charge on any atom is -0.489 e. The quantitative estimate of drug-likeness (QED) is 0.365. The van der Waals surface area contributed by atoms with Crippen LogP contribution in [0.4, 0.5) is 19.0 Å². The summed E-state index contributed by atoms with van der Waals surface area (Å²) in [5, 5.41) is 12.8. The van der Waals surface area contributed by atoms with Crippen LogP contribution in [0, 0.1) is 5.41 Å². The second-order valence-corrected chi connectivity index (χ2v) is 7.23. The molecule has 10 heteroatoms. The maximum Gasteiger partial charge on any atom is 0.419 e. The zero-order valence-corrected chi connectivity index (χ0v) is 17.2. The lowest BCUT2D eigenvalue weighted by Crippen LogP contribution is -2.35. The van der Waals surface area contributed by atoms with Crippen LogP contribution in [-0.2, 0) is 6.18 Å². The Balaban J connectivity index is 2.11. The summed E-state index contributed by atoms with van der Waals surface area (Å²) in [5.41, 5.74) is -0.209. The monoisotopic (exact) mass is 425 g/mol. The van der Waals surface area contributed by atoms with E-state index in [2.05, 4.69) is 20.6 Å². The molecule has 0 aromatic carbocycles. The van der Waals surface area contributed by atoms with Crippen molar-refractivity contribution in [3.8, 4) is 5.75 Å². The van der Waals surface area contributed by atoms with Gasteiger partial charge in [-0.25, -0.2) is 9.97 Å². The predicted molar refractivity (Wildman–Crippen MR) is 110 cm³/mol. The highest BCUT2D eigenvalue weighted by atomic mass is 32.1. The highest BCUT2D eigenvalue weighted by molar-refractivity contribution is 7.80. The van der Waals surface area contributed by atoms with Gasteiger partial charge in [-0.15, -0.1) is 0 Å². The Morgan fingerprint density at radius 3 is 2.34 bits per heavy atom. The average molecular weight is 425 g/mol. The van der Waals surface area contributed by atoms with Crippen LogP contribution in [0.1, 0.15) is 50.4 Å². The van der Waals surface area contributed by atoms with Crippen LogP contribution in [0.2, 0.25) is 0 Å². The molecule has 0 aliphatic carbocycles. The molecular formula is C19H22F3N5OS. The highest BCUT2D eigenvalue weighted by Crippen LogP contribution is 2.35. The molecule has 0 bridgehead atoms. The third-order valence-electron chi connectivity index (χ3n) is 3.72. The van der Waals surface area contributed by atoms with E-state index in [1.54, 1.807) is 26.0 Å². The summed E-state index contributed by atoms with van der Waals surface area (Å²) in [6.45, 7) is 7.31.